The summed E-state index contributed by atoms with van der Waals surface area (Å²) in [6, 6.07) is -3.92. The third-order valence-electron chi connectivity index (χ3n) is 8.49. The molecular formula is C30H49N9O6. The van der Waals surface area contributed by atoms with Crippen molar-refractivity contribution < 1.29 is 28.8 Å². The summed E-state index contributed by atoms with van der Waals surface area (Å²) in [4.78, 5) is 81.1. The van der Waals surface area contributed by atoms with E-state index < -0.39 is 64.9 Å². The number of H-pyrrole nitrogens is 1. The molecule has 1 aromatic rings. The van der Waals surface area contributed by atoms with Gasteiger partial charge in [0.1, 0.15) is 18.1 Å². The molecule has 250 valence electrons. The minimum absolute atomic E-state index is 0.00172. The Morgan fingerprint density at radius 1 is 1.02 bits per heavy atom. The lowest BCUT2D eigenvalue weighted by atomic mass is 9.85. The summed E-state index contributed by atoms with van der Waals surface area (Å²) in [7, 11) is 0. The van der Waals surface area contributed by atoms with Gasteiger partial charge in [-0.25, -0.2) is 0 Å². The number of tetrazole rings is 1. The molecule has 2 fully saturated rings. The van der Waals surface area contributed by atoms with E-state index in [1.54, 1.807) is 13.8 Å². The highest BCUT2D eigenvalue weighted by molar-refractivity contribution is 6.38. The van der Waals surface area contributed by atoms with Gasteiger partial charge in [0, 0.05) is 12.6 Å². The van der Waals surface area contributed by atoms with Gasteiger partial charge < -0.3 is 26.2 Å². The molecule has 2 heterocycles. The van der Waals surface area contributed by atoms with Gasteiger partial charge in [-0.15, -0.1) is 10.2 Å². The summed E-state index contributed by atoms with van der Waals surface area (Å²) in [5.41, 5.74) is -0.763. The van der Waals surface area contributed by atoms with Gasteiger partial charge in [-0.05, 0) is 42.4 Å². The zero-order valence-corrected chi connectivity index (χ0v) is 27.6. The molecule has 15 heteroatoms. The van der Waals surface area contributed by atoms with Gasteiger partial charge in [-0.3, -0.25) is 28.8 Å². The first-order valence-corrected chi connectivity index (χ1v) is 15.8. The number of ketones is 1. The molecule has 3 rings (SSSR count). The zero-order valence-electron chi connectivity index (χ0n) is 27.6. The molecule has 1 aliphatic carbocycles. The summed E-state index contributed by atoms with van der Waals surface area (Å²) in [6.07, 6.45) is 2.32. The maximum absolute atomic E-state index is 14.2. The number of Topliss-reactive ketones (excluding diaryl/α,β-unsaturated/α-hetero) is 1. The maximum Gasteiger partial charge on any atom is 0.289 e. The first kappa shape index (κ1) is 35.6. The van der Waals surface area contributed by atoms with Crippen LogP contribution in [0.3, 0.4) is 0 Å². The topological polar surface area (TPSA) is 208 Å². The molecule has 5 amide bonds. The van der Waals surface area contributed by atoms with Crippen LogP contribution in [0.4, 0.5) is 0 Å². The van der Waals surface area contributed by atoms with E-state index in [2.05, 4.69) is 41.9 Å². The van der Waals surface area contributed by atoms with Crippen molar-refractivity contribution in [1.82, 2.24) is 46.8 Å². The lowest BCUT2D eigenvalue weighted by Crippen LogP contribution is -2.62. The van der Waals surface area contributed by atoms with Gasteiger partial charge >= 0.3 is 0 Å². The molecule has 1 unspecified atom stereocenters. The number of amides is 5. The third-order valence-corrected chi connectivity index (χ3v) is 8.49. The Bertz CT molecular complexity index is 1240. The SMILES string of the molecule is CCCC(NC(=O)[C@@H]1[C@@H](C)[C@@H](C)CN1C(=O)[C@H](NC(=O)[C@@H](NC(=O)Cc1nn[nH]n1)C(C)C)C(C)(C)C)C(=O)C(=O)NC1CC1. The normalized spacial score (nSPS) is 21.9. The number of hydrogen-bond donors (Lipinski definition) is 5. The van der Waals surface area contributed by atoms with Crippen LogP contribution in [0.2, 0.25) is 0 Å². The van der Waals surface area contributed by atoms with Gasteiger partial charge in [0.15, 0.2) is 5.82 Å². The Labute approximate surface area is 264 Å². The van der Waals surface area contributed by atoms with Crippen LogP contribution >= 0.6 is 0 Å². The number of nitrogens with one attached hydrogen (secondary N) is 5. The van der Waals surface area contributed by atoms with Crippen molar-refractivity contribution in [3.8, 4) is 0 Å². The number of carbonyl (C=O) groups is 6. The van der Waals surface area contributed by atoms with E-state index in [1.165, 1.54) is 4.90 Å². The van der Waals surface area contributed by atoms with Crippen LogP contribution in [-0.2, 0) is 35.2 Å². The first-order chi connectivity index (χ1) is 21.0. The largest absolute Gasteiger partial charge is 0.347 e. The highest BCUT2D eigenvalue weighted by atomic mass is 16.2. The predicted octanol–water partition coefficient (Wildman–Crippen LogP) is 0.0295. The van der Waals surface area contributed by atoms with E-state index in [9.17, 15) is 28.8 Å². The second kappa shape index (κ2) is 14.9. The molecule has 2 aliphatic rings. The number of carbonyl (C=O) groups excluding carboxylic acids is 6. The summed E-state index contributed by atoms with van der Waals surface area (Å²) >= 11 is 0. The summed E-state index contributed by atoms with van der Waals surface area (Å²) < 4.78 is 0. The average molecular weight is 632 g/mol. The lowest BCUT2D eigenvalue weighted by Gasteiger charge is -2.37. The smallest absolute Gasteiger partial charge is 0.289 e. The molecular weight excluding hydrogens is 582 g/mol. The quantitative estimate of drug-likeness (QED) is 0.175. The number of rotatable bonds is 14. The molecule has 0 bridgehead atoms. The van der Waals surface area contributed by atoms with Crippen molar-refractivity contribution >= 4 is 35.3 Å². The van der Waals surface area contributed by atoms with Crippen molar-refractivity contribution in [2.45, 2.75) is 118 Å². The molecule has 1 saturated carbocycles. The zero-order chi connectivity index (χ0) is 33.6. The van der Waals surface area contributed by atoms with E-state index >= 15 is 0 Å². The van der Waals surface area contributed by atoms with Crippen molar-refractivity contribution in [2.24, 2.45) is 23.2 Å². The number of hydrogen-bond acceptors (Lipinski definition) is 9. The van der Waals surface area contributed by atoms with Crippen LogP contribution in [0.25, 0.3) is 0 Å². The van der Waals surface area contributed by atoms with E-state index in [4.69, 9.17) is 0 Å². The van der Waals surface area contributed by atoms with Crippen molar-refractivity contribution in [3.05, 3.63) is 5.82 Å². The van der Waals surface area contributed by atoms with Gasteiger partial charge in [-0.1, -0.05) is 67.0 Å². The molecule has 6 atom stereocenters. The molecule has 0 radical (unpaired) electrons. The fourth-order valence-electron chi connectivity index (χ4n) is 5.46. The summed E-state index contributed by atoms with van der Waals surface area (Å²) in [5.74, 6) is -3.84. The highest BCUT2D eigenvalue weighted by Gasteiger charge is 2.48. The van der Waals surface area contributed by atoms with Crippen LogP contribution in [-0.4, -0.2) is 97.6 Å². The highest BCUT2D eigenvalue weighted by Crippen LogP contribution is 2.33. The third kappa shape index (κ3) is 9.30. The van der Waals surface area contributed by atoms with Gasteiger partial charge in [0.25, 0.3) is 5.91 Å². The predicted molar refractivity (Wildman–Crippen MR) is 163 cm³/mol. The lowest BCUT2D eigenvalue weighted by molar-refractivity contribution is -0.146. The number of aromatic nitrogens is 4. The molecule has 1 aromatic heterocycles. The first-order valence-electron chi connectivity index (χ1n) is 15.8. The van der Waals surface area contributed by atoms with E-state index in [1.807, 2.05) is 41.5 Å². The monoisotopic (exact) mass is 631 g/mol. The standard InChI is InChI=1S/C30H49N9O6/c1-9-10-19(24(41)28(44)31-18-11-12-18)32-27(43)23-17(5)16(4)14-39(23)29(45)25(30(6,7)8)34-26(42)22(15(2)3)33-21(40)13-20-35-37-38-36-20/h15-19,22-23,25H,9-14H2,1-8H3,(H,31,44)(H,32,43)(H,33,40)(H,34,42)(H,35,36,37,38)/t16-,17-,19?,22-,23-,25-/m0/s1. The Morgan fingerprint density at radius 3 is 2.22 bits per heavy atom. The Hall–Kier alpha value is -3.91. The van der Waals surface area contributed by atoms with E-state index in [0.29, 0.717) is 6.42 Å². The van der Waals surface area contributed by atoms with Crippen molar-refractivity contribution in [3.63, 3.8) is 0 Å². The number of likely N-dealkylation sites (tertiary alicyclic amines) is 1. The number of aromatic amines is 1. The fraction of sp³-hybridized carbons (Fsp3) is 0.767. The molecule has 0 aromatic carbocycles. The average Bonchev–Trinajstić information content (AvgIpc) is 3.52. The van der Waals surface area contributed by atoms with E-state index in [-0.39, 0.29) is 49.0 Å². The second-order valence-corrected chi connectivity index (χ2v) is 13.8. The molecule has 1 saturated heterocycles. The molecule has 5 N–H and O–H groups in total. The Balaban J connectivity index is 1.78. The van der Waals surface area contributed by atoms with Crippen molar-refractivity contribution in [1.29, 1.82) is 0 Å². The molecule has 0 spiro atoms. The Morgan fingerprint density at radius 2 is 1.69 bits per heavy atom. The van der Waals surface area contributed by atoms with Gasteiger partial charge in [0.2, 0.25) is 29.4 Å². The van der Waals surface area contributed by atoms with Gasteiger partial charge in [-0.2, -0.15) is 5.21 Å². The minimum Gasteiger partial charge on any atom is -0.347 e. The van der Waals surface area contributed by atoms with Crippen LogP contribution in [0.5, 0.6) is 0 Å². The molecule has 15 nitrogen and oxygen atoms in total. The molecule has 45 heavy (non-hydrogen) atoms. The molecule has 1 aliphatic heterocycles. The van der Waals surface area contributed by atoms with Crippen LogP contribution in [0.15, 0.2) is 0 Å². The maximum atomic E-state index is 14.2. The van der Waals surface area contributed by atoms with Crippen LogP contribution in [0.1, 0.15) is 86.9 Å². The van der Waals surface area contributed by atoms with E-state index in [0.717, 1.165) is 12.8 Å². The fourth-order valence-corrected chi connectivity index (χ4v) is 5.46. The van der Waals surface area contributed by atoms with Crippen LogP contribution < -0.4 is 21.3 Å². The number of nitrogens with zero attached hydrogens (tertiary/aromatic N) is 4. The van der Waals surface area contributed by atoms with Crippen LogP contribution in [0, 0.1) is 23.2 Å². The minimum atomic E-state index is -1.04. The van der Waals surface area contributed by atoms with Crippen molar-refractivity contribution in [2.75, 3.05) is 6.54 Å². The Kier molecular flexibility index (Phi) is 11.8. The summed E-state index contributed by atoms with van der Waals surface area (Å²) in [5, 5.41) is 24.2. The second-order valence-electron chi connectivity index (χ2n) is 13.8. The van der Waals surface area contributed by atoms with Gasteiger partial charge in [0.05, 0.1) is 12.5 Å². The summed E-state index contributed by atoms with van der Waals surface area (Å²) in [6.45, 7) is 14.9.